The number of carbonyl (C=O) groups is 1. The number of rotatable bonds is 5. The van der Waals surface area contributed by atoms with Gasteiger partial charge in [0.15, 0.2) is 5.78 Å². The summed E-state index contributed by atoms with van der Waals surface area (Å²) in [7, 11) is 0. The van der Waals surface area contributed by atoms with Gasteiger partial charge in [0.05, 0.1) is 6.61 Å². The van der Waals surface area contributed by atoms with Gasteiger partial charge < -0.3 is 15.9 Å². The second-order valence-electron chi connectivity index (χ2n) is 3.25. The normalized spacial score (nSPS) is 12.5. The van der Waals surface area contributed by atoms with Crippen molar-refractivity contribution in [1.29, 1.82) is 0 Å². The van der Waals surface area contributed by atoms with Crippen LogP contribution in [0, 0.1) is 0 Å². The molecule has 1 aromatic carbocycles. The lowest BCUT2D eigenvalue weighted by atomic mass is 9.98. The van der Waals surface area contributed by atoms with E-state index in [1.165, 1.54) is 0 Å². The van der Waals surface area contributed by atoms with Crippen LogP contribution < -0.4 is 5.73 Å². The van der Waals surface area contributed by atoms with E-state index in [1.807, 2.05) is 0 Å². The molecule has 0 amide bonds. The predicted molar refractivity (Wildman–Crippen MR) is 56.5 cm³/mol. The molecule has 0 aliphatic heterocycles. The molecule has 82 valence electrons. The summed E-state index contributed by atoms with van der Waals surface area (Å²) in [6.07, 6.45) is -0.766. The van der Waals surface area contributed by atoms with Gasteiger partial charge in [-0.3, -0.25) is 4.79 Å². The van der Waals surface area contributed by atoms with Crippen molar-refractivity contribution in [3.05, 3.63) is 35.4 Å². The molecule has 0 aromatic heterocycles. The van der Waals surface area contributed by atoms with Crippen molar-refractivity contribution in [2.24, 2.45) is 5.73 Å². The van der Waals surface area contributed by atoms with Crippen LogP contribution in [0.2, 0.25) is 0 Å². The summed E-state index contributed by atoms with van der Waals surface area (Å²) in [4.78, 5) is 11.6. The van der Waals surface area contributed by atoms with Gasteiger partial charge in [0, 0.05) is 12.0 Å². The molecule has 1 rings (SSSR count). The third-order valence-corrected chi connectivity index (χ3v) is 2.16. The zero-order chi connectivity index (χ0) is 11.3. The molecule has 1 unspecified atom stereocenters. The Balaban J connectivity index is 3.00. The van der Waals surface area contributed by atoms with E-state index in [1.54, 1.807) is 24.3 Å². The fourth-order valence-electron chi connectivity index (χ4n) is 1.41. The Morgan fingerprint density at radius 1 is 1.40 bits per heavy atom. The molecule has 4 heteroatoms. The Labute approximate surface area is 88.3 Å². The van der Waals surface area contributed by atoms with E-state index in [-0.39, 0.29) is 18.7 Å². The van der Waals surface area contributed by atoms with Gasteiger partial charge in [-0.15, -0.1) is 0 Å². The molecule has 15 heavy (non-hydrogen) atoms. The minimum Gasteiger partial charge on any atom is -0.393 e. The van der Waals surface area contributed by atoms with Crippen molar-refractivity contribution in [2.75, 3.05) is 13.2 Å². The molecular weight excluding hydrogens is 194 g/mol. The van der Waals surface area contributed by atoms with Crippen LogP contribution in [0.5, 0.6) is 0 Å². The van der Waals surface area contributed by atoms with E-state index < -0.39 is 12.7 Å². The molecule has 1 atom stereocenters. The molecular formula is C11H15NO3. The quantitative estimate of drug-likeness (QED) is 0.607. The van der Waals surface area contributed by atoms with Gasteiger partial charge in [0.25, 0.3) is 0 Å². The molecule has 0 heterocycles. The molecule has 0 aliphatic rings. The van der Waals surface area contributed by atoms with Gasteiger partial charge in [0.2, 0.25) is 0 Å². The number of hydrogen-bond acceptors (Lipinski definition) is 4. The number of benzene rings is 1. The van der Waals surface area contributed by atoms with Crippen molar-refractivity contribution in [3.8, 4) is 0 Å². The molecule has 0 saturated carbocycles. The highest BCUT2D eigenvalue weighted by molar-refractivity contribution is 5.97. The summed E-state index contributed by atoms with van der Waals surface area (Å²) >= 11 is 0. The summed E-state index contributed by atoms with van der Waals surface area (Å²) in [5.74, 6) is -0.111. The van der Waals surface area contributed by atoms with E-state index in [0.29, 0.717) is 11.1 Å². The summed E-state index contributed by atoms with van der Waals surface area (Å²) in [6.45, 7) is -0.116. The van der Waals surface area contributed by atoms with Crippen LogP contribution in [0.15, 0.2) is 24.3 Å². The third kappa shape index (κ3) is 2.86. The molecule has 4 N–H and O–H groups in total. The third-order valence-electron chi connectivity index (χ3n) is 2.16. The largest absolute Gasteiger partial charge is 0.393 e. The van der Waals surface area contributed by atoms with E-state index in [4.69, 9.17) is 10.8 Å². The zero-order valence-corrected chi connectivity index (χ0v) is 8.39. The minimum atomic E-state index is -1.01. The minimum absolute atomic E-state index is 0.111. The second-order valence-corrected chi connectivity index (χ2v) is 3.25. The second kappa shape index (κ2) is 5.60. The lowest BCUT2D eigenvalue weighted by Crippen LogP contribution is -2.13. The lowest BCUT2D eigenvalue weighted by molar-refractivity contribution is 0.0901. The van der Waals surface area contributed by atoms with Crippen molar-refractivity contribution in [3.63, 3.8) is 0 Å². The van der Waals surface area contributed by atoms with Crippen molar-refractivity contribution in [1.82, 2.24) is 0 Å². The highest BCUT2D eigenvalue weighted by atomic mass is 16.3. The maximum atomic E-state index is 11.6. The number of aliphatic hydroxyl groups is 2. The Bertz CT molecular complexity index is 338. The van der Waals surface area contributed by atoms with Crippen LogP contribution >= 0.6 is 0 Å². The summed E-state index contributed by atoms with van der Waals surface area (Å²) < 4.78 is 0. The van der Waals surface area contributed by atoms with Crippen LogP contribution in [0.1, 0.15) is 28.4 Å². The average Bonchev–Trinajstić information content (AvgIpc) is 2.28. The maximum Gasteiger partial charge on any atom is 0.164 e. The van der Waals surface area contributed by atoms with Gasteiger partial charge in [-0.1, -0.05) is 24.3 Å². The average molecular weight is 209 g/mol. The summed E-state index contributed by atoms with van der Waals surface area (Å²) in [5.41, 5.74) is 6.18. The number of Topliss-reactive ketones (excluding diaryl/α,β-unsaturated/α-hetero) is 1. The number of aliphatic hydroxyl groups excluding tert-OH is 2. The van der Waals surface area contributed by atoms with E-state index in [0.717, 1.165) is 0 Å². The monoisotopic (exact) mass is 209 g/mol. The zero-order valence-electron chi connectivity index (χ0n) is 8.39. The highest BCUT2D eigenvalue weighted by Gasteiger charge is 2.15. The Hall–Kier alpha value is -1.23. The Kier molecular flexibility index (Phi) is 4.42. The molecule has 0 fully saturated rings. The molecule has 0 saturated heterocycles. The first kappa shape index (κ1) is 11.8. The number of hydrogen-bond donors (Lipinski definition) is 3. The first-order chi connectivity index (χ1) is 7.20. The van der Waals surface area contributed by atoms with Crippen molar-refractivity contribution >= 4 is 5.78 Å². The van der Waals surface area contributed by atoms with Crippen LogP contribution in [-0.2, 0) is 0 Å². The summed E-state index contributed by atoms with van der Waals surface area (Å²) in [5, 5.41) is 18.3. The van der Waals surface area contributed by atoms with E-state index >= 15 is 0 Å². The molecule has 0 radical (unpaired) electrons. The standard InChI is InChI=1S/C11H15NO3/c12-6-5-10(14)8-3-1-2-4-9(8)11(15)7-13/h1-4,11,13,15H,5-7,12H2. The van der Waals surface area contributed by atoms with E-state index in [2.05, 4.69) is 0 Å². The fourth-order valence-corrected chi connectivity index (χ4v) is 1.41. The molecule has 0 aliphatic carbocycles. The van der Waals surface area contributed by atoms with Gasteiger partial charge in [-0.2, -0.15) is 0 Å². The van der Waals surface area contributed by atoms with Crippen molar-refractivity contribution < 1.29 is 15.0 Å². The summed E-state index contributed by atoms with van der Waals surface area (Å²) in [6, 6.07) is 6.70. The van der Waals surface area contributed by atoms with Gasteiger partial charge >= 0.3 is 0 Å². The highest BCUT2D eigenvalue weighted by Crippen LogP contribution is 2.18. The molecule has 0 spiro atoms. The molecule has 0 bridgehead atoms. The first-order valence-corrected chi connectivity index (χ1v) is 4.81. The predicted octanol–water partition coefficient (Wildman–Crippen LogP) is 0.244. The Morgan fingerprint density at radius 2 is 2.07 bits per heavy atom. The maximum absolute atomic E-state index is 11.6. The lowest BCUT2D eigenvalue weighted by Gasteiger charge is -2.12. The first-order valence-electron chi connectivity index (χ1n) is 4.81. The fraction of sp³-hybridized carbons (Fsp3) is 0.364. The van der Waals surface area contributed by atoms with Crippen LogP contribution in [0.25, 0.3) is 0 Å². The number of ketones is 1. The Morgan fingerprint density at radius 3 is 2.67 bits per heavy atom. The topological polar surface area (TPSA) is 83.6 Å². The molecule has 4 nitrogen and oxygen atoms in total. The molecule has 1 aromatic rings. The van der Waals surface area contributed by atoms with Crippen LogP contribution in [0.4, 0.5) is 0 Å². The van der Waals surface area contributed by atoms with Gasteiger partial charge in [0.1, 0.15) is 6.10 Å². The van der Waals surface area contributed by atoms with Gasteiger partial charge in [-0.05, 0) is 12.1 Å². The van der Waals surface area contributed by atoms with Crippen LogP contribution in [-0.4, -0.2) is 29.1 Å². The number of carbonyl (C=O) groups excluding carboxylic acids is 1. The number of nitrogens with two attached hydrogens (primary N) is 1. The van der Waals surface area contributed by atoms with Crippen molar-refractivity contribution in [2.45, 2.75) is 12.5 Å². The van der Waals surface area contributed by atoms with E-state index in [9.17, 15) is 9.90 Å². The van der Waals surface area contributed by atoms with Crippen LogP contribution in [0.3, 0.4) is 0 Å². The SMILES string of the molecule is NCCC(=O)c1ccccc1C(O)CO. The smallest absolute Gasteiger partial charge is 0.164 e. The van der Waals surface area contributed by atoms with Gasteiger partial charge in [-0.25, -0.2) is 0 Å².